The van der Waals surface area contributed by atoms with Gasteiger partial charge >= 0.3 is 0 Å². The highest BCUT2D eigenvalue weighted by Gasteiger charge is 2.22. The topological polar surface area (TPSA) is 102 Å². The van der Waals surface area contributed by atoms with Gasteiger partial charge in [0.25, 0.3) is 5.91 Å². The SMILES string of the molecule is CNC(=O)c1cc(NC2CCOCC2)cc(-c2ccnc(NC(=O)C3CCOCC3)c2)c1. The summed E-state index contributed by atoms with van der Waals surface area (Å²) in [5.74, 6) is 0.271. The van der Waals surface area contributed by atoms with Gasteiger partial charge in [0.05, 0.1) is 0 Å². The normalized spacial score (nSPS) is 17.5. The summed E-state index contributed by atoms with van der Waals surface area (Å²) >= 11 is 0. The average Bonchev–Trinajstić information content (AvgIpc) is 2.84. The molecule has 8 nitrogen and oxygen atoms in total. The lowest BCUT2D eigenvalue weighted by Gasteiger charge is -2.24. The van der Waals surface area contributed by atoms with Crippen molar-refractivity contribution < 1.29 is 19.1 Å². The average molecular weight is 439 g/mol. The number of carbonyl (C=O) groups excluding carboxylic acids is 2. The number of hydrogen-bond acceptors (Lipinski definition) is 6. The van der Waals surface area contributed by atoms with Gasteiger partial charge in [-0.3, -0.25) is 9.59 Å². The van der Waals surface area contributed by atoms with Crippen molar-refractivity contribution in [2.45, 2.75) is 31.7 Å². The largest absolute Gasteiger partial charge is 0.382 e. The third-order valence-corrected chi connectivity index (χ3v) is 5.95. The molecule has 170 valence electrons. The fourth-order valence-electron chi connectivity index (χ4n) is 4.10. The molecule has 2 aliphatic heterocycles. The van der Waals surface area contributed by atoms with Crippen molar-refractivity contribution in [1.82, 2.24) is 10.3 Å². The Bertz CT molecular complexity index is 953. The number of hydrogen-bond donors (Lipinski definition) is 3. The van der Waals surface area contributed by atoms with Gasteiger partial charge in [0, 0.05) is 62.9 Å². The van der Waals surface area contributed by atoms with Crippen LogP contribution >= 0.6 is 0 Å². The van der Waals surface area contributed by atoms with Gasteiger partial charge in [0.15, 0.2) is 0 Å². The van der Waals surface area contributed by atoms with E-state index in [9.17, 15) is 9.59 Å². The van der Waals surface area contributed by atoms with Crippen LogP contribution in [0.4, 0.5) is 11.5 Å². The molecule has 0 bridgehead atoms. The predicted octanol–water partition coefficient (Wildman–Crippen LogP) is 3.06. The number of nitrogens with zero attached hydrogens (tertiary/aromatic N) is 1. The molecule has 1 aromatic carbocycles. The summed E-state index contributed by atoms with van der Waals surface area (Å²) < 4.78 is 10.8. The minimum Gasteiger partial charge on any atom is -0.382 e. The highest BCUT2D eigenvalue weighted by Crippen LogP contribution is 2.28. The van der Waals surface area contributed by atoms with E-state index in [0.29, 0.717) is 30.6 Å². The van der Waals surface area contributed by atoms with Crippen LogP contribution in [0.1, 0.15) is 36.0 Å². The van der Waals surface area contributed by atoms with Crippen molar-refractivity contribution in [3.63, 3.8) is 0 Å². The van der Waals surface area contributed by atoms with Gasteiger partial charge in [-0.05, 0) is 67.1 Å². The van der Waals surface area contributed by atoms with Crippen LogP contribution in [0.2, 0.25) is 0 Å². The predicted molar refractivity (Wildman–Crippen MR) is 123 cm³/mol. The number of aromatic nitrogens is 1. The molecule has 4 rings (SSSR count). The lowest BCUT2D eigenvalue weighted by atomic mass is 9.99. The van der Waals surface area contributed by atoms with Gasteiger partial charge < -0.3 is 25.4 Å². The first kappa shape index (κ1) is 22.2. The molecule has 0 unspecified atom stereocenters. The molecule has 32 heavy (non-hydrogen) atoms. The first-order chi connectivity index (χ1) is 15.6. The monoisotopic (exact) mass is 438 g/mol. The summed E-state index contributed by atoms with van der Waals surface area (Å²) in [7, 11) is 1.62. The van der Waals surface area contributed by atoms with Crippen molar-refractivity contribution in [3.05, 3.63) is 42.1 Å². The molecular weight excluding hydrogens is 408 g/mol. The fraction of sp³-hybridized carbons (Fsp3) is 0.458. The molecule has 2 amide bonds. The number of ether oxygens (including phenoxy) is 2. The zero-order valence-corrected chi connectivity index (χ0v) is 18.4. The molecule has 0 atom stereocenters. The van der Waals surface area contributed by atoms with E-state index < -0.39 is 0 Å². The number of nitrogens with one attached hydrogen (secondary N) is 3. The molecule has 2 fully saturated rings. The van der Waals surface area contributed by atoms with Crippen LogP contribution in [-0.2, 0) is 14.3 Å². The van der Waals surface area contributed by atoms with E-state index in [-0.39, 0.29) is 17.7 Å². The van der Waals surface area contributed by atoms with Crippen molar-refractivity contribution in [2.75, 3.05) is 44.1 Å². The lowest BCUT2D eigenvalue weighted by molar-refractivity contribution is -0.122. The summed E-state index contributed by atoms with van der Waals surface area (Å²) in [5.41, 5.74) is 3.22. The van der Waals surface area contributed by atoms with Gasteiger partial charge in [0.2, 0.25) is 5.91 Å². The van der Waals surface area contributed by atoms with Crippen LogP contribution in [0.25, 0.3) is 11.1 Å². The maximum atomic E-state index is 12.6. The second-order valence-electron chi connectivity index (χ2n) is 8.21. The molecule has 0 saturated carbocycles. The molecule has 2 aliphatic rings. The molecule has 2 saturated heterocycles. The van der Waals surface area contributed by atoms with E-state index in [1.807, 2.05) is 30.3 Å². The van der Waals surface area contributed by atoms with Crippen molar-refractivity contribution in [1.29, 1.82) is 0 Å². The van der Waals surface area contributed by atoms with E-state index in [2.05, 4.69) is 20.9 Å². The van der Waals surface area contributed by atoms with E-state index in [1.165, 1.54) is 0 Å². The summed E-state index contributed by atoms with van der Waals surface area (Å²) in [6.07, 6.45) is 4.98. The number of amides is 2. The van der Waals surface area contributed by atoms with Crippen molar-refractivity contribution in [2.24, 2.45) is 5.92 Å². The number of benzene rings is 1. The molecule has 2 aromatic rings. The van der Waals surface area contributed by atoms with Crippen molar-refractivity contribution >= 4 is 23.3 Å². The summed E-state index contributed by atoms with van der Waals surface area (Å²) in [5, 5.41) is 9.18. The van der Waals surface area contributed by atoms with Crippen LogP contribution in [0.15, 0.2) is 36.5 Å². The minimum atomic E-state index is -0.149. The second kappa shape index (κ2) is 10.6. The molecule has 0 aliphatic carbocycles. The quantitative estimate of drug-likeness (QED) is 0.641. The third-order valence-electron chi connectivity index (χ3n) is 5.95. The van der Waals surface area contributed by atoms with E-state index in [1.54, 1.807) is 13.2 Å². The minimum absolute atomic E-state index is 0.0288. The maximum absolute atomic E-state index is 12.6. The Kier molecular flexibility index (Phi) is 7.34. The van der Waals surface area contributed by atoms with Crippen molar-refractivity contribution in [3.8, 4) is 11.1 Å². The Morgan fingerprint density at radius 3 is 2.38 bits per heavy atom. The second-order valence-corrected chi connectivity index (χ2v) is 8.21. The Hall–Kier alpha value is -2.97. The van der Waals surface area contributed by atoms with Crippen LogP contribution in [0.3, 0.4) is 0 Å². The smallest absolute Gasteiger partial charge is 0.251 e. The zero-order valence-electron chi connectivity index (χ0n) is 18.4. The molecule has 1 aromatic heterocycles. The fourth-order valence-corrected chi connectivity index (χ4v) is 4.10. The highest BCUT2D eigenvalue weighted by molar-refractivity contribution is 5.97. The Labute approximate surface area is 188 Å². The van der Waals surface area contributed by atoms with Crippen LogP contribution in [0, 0.1) is 5.92 Å². The lowest BCUT2D eigenvalue weighted by Crippen LogP contribution is -2.28. The first-order valence-electron chi connectivity index (χ1n) is 11.2. The number of carbonyl (C=O) groups is 2. The van der Waals surface area contributed by atoms with Crippen LogP contribution < -0.4 is 16.0 Å². The molecular formula is C24H30N4O4. The van der Waals surface area contributed by atoms with Crippen LogP contribution in [-0.4, -0.2) is 56.3 Å². The summed E-state index contributed by atoms with van der Waals surface area (Å²) in [6, 6.07) is 9.79. The zero-order chi connectivity index (χ0) is 22.3. The van der Waals surface area contributed by atoms with Gasteiger partial charge in [-0.25, -0.2) is 4.98 Å². The first-order valence-corrected chi connectivity index (χ1v) is 11.2. The summed E-state index contributed by atoms with van der Waals surface area (Å²) in [4.78, 5) is 29.3. The molecule has 8 heteroatoms. The molecule has 3 N–H and O–H groups in total. The third kappa shape index (κ3) is 5.63. The van der Waals surface area contributed by atoms with Gasteiger partial charge in [-0.1, -0.05) is 0 Å². The van der Waals surface area contributed by atoms with E-state index >= 15 is 0 Å². The maximum Gasteiger partial charge on any atom is 0.251 e. The van der Waals surface area contributed by atoms with Gasteiger partial charge in [0.1, 0.15) is 5.82 Å². The number of anilines is 2. The van der Waals surface area contributed by atoms with Gasteiger partial charge in [-0.15, -0.1) is 0 Å². The number of pyridine rings is 1. The Balaban J connectivity index is 1.57. The Morgan fingerprint density at radius 1 is 0.938 bits per heavy atom. The van der Waals surface area contributed by atoms with E-state index in [0.717, 1.165) is 55.7 Å². The van der Waals surface area contributed by atoms with E-state index in [4.69, 9.17) is 9.47 Å². The number of rotatable bonds is 6. The Morgan fingerprint density at radius 2 is 1.66 bits per heavy atom. The standard InChI is InChI=1S/C24H30N4O4/c1-25-23(29)19-12-18(13-21(14-19)27-20-5-10-32-11-6-20)17-2-7-26-22(15-17)28-24(30)16-3-8-31-9-4-16/h2,7,12-16,20,27H,3-6,8-11H2,1H3,(H,25,29)(H,26,28,30). The van der Waals surface area contributed by atoms with Crippen LogP contribution in [0.5, 0.6) is 0 Å². The molecule has 0 spiro atoms. The molecule has 0 radical (unpaired) electrons. The highest BCUT2D eigenvalue weighted by atomic mass is 16.5. The van der Waals surface area contributed by atoms with Gasteiger partial charge in [-0.2, -0.15) is 0 Å². The molecule has 3 heterocycles. The summed E-state index contributed by atoms with van der Waals surface area (Å²) in [6.45, 7) is 2.70.